The van der Waals surface area contributed by atoms with Crippen molar-refractivity contribution < 1.29 is 14.3 Å². The number of β-amino-alcohol motifs (C(OH)–C–C–N with tert-alkyl or cyclic N) is 1. The maximum atomic E-state index is 13.3. The quantitative estimate of drug-likeness (QED) is 0.725. The number of carbonyl (C=O) groups is 1. The second-order valence-corrected chi connectivity index (χ2v) is 8.34. The van der Waals surface area contributed by atoms with Crippen molar-refractivity contribution in [2.75, 3.05) is 13.6 Å². The molecular formula is C21H34ClFN2O2. The van der Waals surface area contributed by atoms with Crippen molar-refractivity contribution in [3.05, 3.63) is 35.6 Å². The maximum Gasteiger partial charge on any atom is 0.219 e. The molecule has 27 heavy (non-hydrogen) atoms. The van der Waals surface area contributed by atoms with Gasteiger partial charge in [0.25, 0.3) is 0 Å². The van der Waals surface area contributed by atoms with Crippen molar-refractivity contribution >= 4 is 18.3 Å². The first kappa shape index (κ1) is 23.9. The SMILES string of the molecule is CC(=O)N(C)C1CCC(CC(C)(C)NC[C@H](O)c2cccc(F)c2)CC1.Cl. The number of hydrogen-bond acceptors (Lipinski definition) is 3. The Hall–Kier alpha value is -1.17. The Labute approximate surface area is 168 Å². The molecule has 0 radical (unpaired) electrons. The molecule has 0 unspecified atom stereocenters. The number of rotatable bonds is 7. The Morgan fingerprint density at radius 1 is 1.33 bits per heavy atom. The monoisotopic (exact) mass is 400 g/mol. The van der Waals surface area contributed by atoms with Gasteiger partial charge in [-0.3, -0.25) is 4.79 Å². The van der Waals surface area contributed by atoms with Gasteiger partial charge in [-0.1, -0.05) is 12.1 Å². The minimum atomic E-state index is -0.718. The number of halogens is 2. The number of nitrogens with one attached hydrogen (secondary N) is 1. The third kappa shape index (κ3) is 7.40. The van der Waals surface area contributed by atoms with Crippen LogP contribution in [0.4, 0.5) is 4.39 Å². The van der Waals surface area contributed by atoms with E-state index in [1.54, 1.807) is 19.1 Å². The molecule has 1 fully saturated rings. The molecule has 0 aliphatic heterocycles. The van der Waals surface area contributed by atoms with E-state index in [9.17, 15) is 14.3 Å². The summed E-state index contributed by atoms with van der Waals surface area (Å²) < 4.78 is 13.3. The van der Waals surface area contributed by atoms with E-state index in [1.165, 1.54) is 12.1 Å². The van der Waals surface area contributed by atoms with E-state index >= 15 is 0 Å². The summed E-state index contributed by atoms with van der Waals surface area (Å²) >= 11 is 0. The highest BCUT2D eigenvalue weighted by molar-refractivity contribution is 5.85. The topological polar surface area (TPSA) is 52.6 Å². The molecule has 1 saturated carbocycles. The predicted molar refractivity (Wildman–Crippen MR) is 109 cm³/mol. The highest BCUT2D eigenvalue weighted by Gasteiger charge is 2.29. The molecule has 1 aliphatic carbocycles. The van der Waals surface area contributed by atoms with Crippen LogP contribution in [0.5, 0.6) is 0 Å². The lowest BCUT2D eigenvalue weighted by Gasteiger charge is -2.38. The molecule has 6 heteroatoms. The molecule has 0 aromatic heterocycles. The van der Waals surface area contributed by atoms with Gasteiger partial charge in [0, 0.05) is 32.1 Å². The largest absolute Gasteiger partial charge is 0.387 e. The fraction of sp³-hybridized carbons (Fsp3) is 0.667. The van der Waals surface area contributed by atoms with Crippen LogP contribution in [0.1, 0.15) is 64.5 Å². The van der Waals surface area contributed by atoms with Crippen LogP contribution in [-0.2, 0) is 4.79 Å². The van der Waals surface area contributed by atoms with Gasteiger partial charge in [-0.15, -0.1) is 12.4 Å². The van der Waals surface area contributed by atoms with Crippen molar-refractivity contribution in [2.45, 2.75) is 70.6 Å². The number of amides is 1. The third-order valence-corrected chi connectivity index (χ3v) is 5.67. The van der Waals surface area contributed by atoms with Crippen LogP contribution in [0.15, 0.2) is 24.3 Å². The van der Waals surface area contributed by atoms with Crippen LogP contribution >= 0.6 is 12.4 Å². The number of nitrogens with zero attached hydrogens (tertiary/aromatic N) is 1. The normalized spacial score (nSPS) is 21.3. The second-order valence-electron chi connectivity index (χ2n) is 8.34. The molecule has 4 nitrogen and oxygen atoms in total. The van der Waals surface area contributed by atoms with Gasteiger partial charge in [0.15, 0.2) is 0 Å². The number of carbonyl (C=O) groups excluding carboxylic acids is 1. The second kappa shape index (κ2) is 10.4. The Kier molecular flexibility index (Phi) is 9.19. The van der Waals surface area contributed by atoms with Gasteiger partial charge in [-0.05, 0) is 69.6 Å². The molecular weight excluding hydrogens is 367 g/mol. The van der Waals surface area contributed by atoms with Crippen molar-refractivity contribution in [1.82, 2.24) is 10.2 Å². The van der Waals surface area contributed by atoms with Gasteiger partial charge in [-0.25, -0.2) is 4.39 Å². The van der Waals surface area contributed by atoms with E-state index < -0.39 is 6.10 Å². The lowest BCUT2D eigenvalue weighted by atomic mass is 9.78. The average Bonchev–Trinajstić information content (AvgIpc) is 2.59. The Balaban J connectivity index is 0.00000364. The zero-order valence-electron chi connectivity index (χ0n) is 16.9. The molecule has 1 amide bonds. The first-order valence-corrected chi connectivity index (χ1v) is 9.60. The third-order valence-electron chi connectivity index (χ3n) is 5.67. The van der Waals surface area contributed by atoms with Gasteiger partial charge in [0.1, 0.15) is 5.82 Å². The Morgan fingerprint density at radius 3 is 2.52 bits per heavy atom. The molecule has 1 aromatic rings. The fourth-order valence-corrected chi connectivity index (χ4v) is 3.99. The maximum absolute atomic E-state index is 13.3. The number of hydrogen-bond donors (Lipinski definition) is 2. The van der Waals surface area contributed by atoms with E-state index in [-0.39, 0.29) is 29.7 Å². The summed E-state index contributed by atoms with van der Waals surface area (Å²) in [5.41, 5.74) is 0.499. The van der Waals surface area contributed by atoms with E-state index in [2.05, 4.69) is 19.2 Å². The molecule has 1 atom stereocenters. The van der Waals surface area contributed by atoms with Crippen LogP contribution in [0, 0.1) is 11.7 Å². The number of benzene rings is 1. The van der Waals surface area contributed by atoms with Crippen molar-refractivity contribution in [3.63, 3.8) is 0 Å². The summed E-state index contributed by atoms with van der Waals surface area (Å²) in [5.74, 6) is 0.440. The van der Waals surface area contributed by atoms with E-state index in [4.69, 9.17) is 0 Å². The zero-order valence-corrected chi connectivity index (χ0v) is 17.7. The summed E-state index contributed by atoms with van der Waals surface area (Å²) in [5, 5.41) is 13.7. The Morgan fingerprint density at radius 2 is 1.96 bits per heavy atom. The average molecular weight is 401 g/mol. The van der Waals surface area contributed by atoms with Crippen LogP contribution in [0.3, 0.4) is 0 Å². The summed E-state index contributed by atoms with van der Waals surface area (Å²) in [4.78, 5) is 13.4. The summed E-state index contributed by atoms with van der Waals surface area (Å²) in [6.45, 7) is 6.33. The lowest BCUT2D eigenvalue weighted by Crippen LogP contribution is -2.44. The van der Waals surface area contributed by atoms with E-state index in [0.29, 0.717) is 24.1 Å². The zero-order chi connectivity index (χ0) is 19.3. The highest BCUT2D eigenvalue weighted by Crippen LogP contribution is 2.32. The van der Waals surface area contributed by atoms with Crippen molar-refractivity contribution in [1.29, 1.82) is 0 Å². The Bertz CT molecular complexity index is 604. The van der Waals surface area contributed by atoms with Gasteiger partial charge >= 0.3 is 0 Å². The lowest BCUT2D eigenvalue weighted by molar-refractivity contribution is -0.130. The standard InChI is InChI=1S/C21H33FN2O2.ClH/c1-15(25)24(4)19-10-8-16(9-11-19)13-21(2,3)23-14-20(26)17-6-5-7-18(22)12-17;/h5-7,12,16,19-20,23,26H,8-11,13-14H2,1-4H3;1H/t16?,19?,20-;/m0./s1. The van der Waals surface area contributed by atoms with Gasteiger partial charge in [0.05, 0.1) is 6.10 Å². The van der Waals surface area contributed by atoms with Gasteiger partial charge in [0.2, 0.25) is 5.91 Å². The minimum absolute atomic E-state index is 0. The van der Waals surface area contributed by atoms with Gasteiger partial charge < -0.3 is 15.3 Å². The molecule has 1 aliphatic rings. The molecule has 0 saturated heterocycles. The van der Waals surface area contributed by atoms with Crippen LogP contribution in [0.25, 0.3) is 0 Å². The summed E-state index contributed by atoms with van der Waals surface area (Å²) in [7, 11) is 1.90. The summed E-state index contributed by atoms with van der Waals surface area (Å²) in [6.07, 6.45) is 4.68. The van der Waals surface area contributed by atoms with Crippen molar-refractivity contribution in [2.24, 2.45) is 5.92 Å². The molecule has 0 bridgehead atoms. The molecule has 0 spiro atoms. The number of aliphatic hydroxyl groups is 1. The highest BCUT2D eigenvalue weighted by atomic mass is 35.5. The van der Waals surface area contributed by atoms with Crippen LogP contribution < -0.4 is 5.32 Å². The number of aliphatic hydroxyl groups excluding tert-OH is 1. The predicted octanol–water partition coefficient (Wildman–Crippen LogP) is 4.08. The fourth-order valence-electron chi connectivity index (χ4n) is 3.99. The minimum Gasteiger partial charge on any atom is -0.387 e. The first-order chi connectivity index (χ1) is 12.2. The molecule has 2 rings (SSSR count). The van der Waals surface area contributed by atoms with E-state index in [0.717, 1.165) is 32.1 Å². The van der Waals surface area contributed by atoms with Crippen LogP contribution in [0.2, 0.25) is 0 Å². The molecule has 2 N–H and O–H groups in total. The molecule has 0 heterocycles. The van der Waals surface area contributed by atoms with Gasteiger partial charge in [-0.2, -0.15) is 0 Å². The smallest absolute Gasteiger partial charge is 0.219 e. The van der Waals surface area contributed by atoms with E-state index in [1.807, 2.05) is 11.9 Å². The first-order valence-electron chi connectivity index (χ1n) is 9.60. The summed E-state index contributed by atoms with van der Waals surface area (Å²) in [6, 6.07) is 6.50. The van der Waals surface area contributed by atoms with Crippen molar-refractivity contribution in [3.8, 4) is 0 Å². The molecule has 1 aromatic carbocycles. The molecule has 154 valence electrons. The van der Waals surface area contributed by atoms with Crippen LogP contribution in [-0.4, -0.2) is 41.1 Å².